The number of carbonyl (C=O) groups excluding carboxylic acids is 1. The third-order valence-electron chi connectivity index (χ3n) is 4.64. The minimum Gasteiger partial charge on any atom is -0.336 e. The molecule has 28 heavy (non-hydrogen) atoms. The van der Waals surface area contributed by atoms with Crippen LogP contribution in [0.15, 0.2) is 47.9 Å². The van der Waals surface area contributed by atoms with Crippen molar-refractivity contribution in [2.24, 2.45) is 0 Å². The molecular weight excluding hydrogens is 414 g/mol. The SMILES string of the molecule is O=C(c1ccc(CSc2ncn[nH]2)cc1)N1CCN(Cc2ccc(Cl)s2)CC1. The molecule has 1 fully saturated rings. The second kappa shape index (κ2) is 9.09. The van der Waals surface area contributed by atoms with Crippen molar-refractivity contribution in [3.05, 3.63) is 63.1 Å². The van der Waals surface area contributed by atoms with E-state index in [1.165, 1.54) is 11.2 Å². The van der Waals surface area contributed by atoms with Gasteiger partial charge in [-0.2, -0.15) is 5.10 Å². The largest absolute Gasteiger partial charge is 0.336 e. The molecule has 1 amide bonds. The van der Waals surface area contributed by atoms with Gasteiger partial charge in [0.15, 0.2) is 5.16 Å². The van der Waals surface area contributed by atoms with E-state index in [1.54, 1.807) is 23.1 Å². The Morgan fingerprint density at radius 2 is 1.93 bits per heavy atom. The van der Waals surface area contributed by atoms with Gasteiger partial charge >= 0.3 is 0 Å². The topological polar surface area (TPSA) is 65.1 Å². The summed E-state index contributed by atoms with van der Waals surface area (Å²) in [4.78, 5) is 22.5. The Hall–Kier alpha value is -1.87. The van der Waals surface area contributed by atoms with E-state index in [4.69, 9.17) is 11.6 Å². The predicted molar refractivity (Wildman–Crippen MR) is 113 cm³/mol. The molecule has 9 heteroatoms. The summed E-state index contributed by atoms with van der Waals surface area (Å²) in [7, 11) is 0. The average Bonchev–Trinajstić information content (AvgIpc) is 3.39. The fourth-order valence-corrected chi connectivity index (χ4v) is 4.97. The average molecular weight is 434 g/mol. The summed E-state index contributed by atoms with van der Waals surface area (Å²) in [6.45, 7) is 4.17. The molecule has 2 aromatic heterocycles. The molecule has 0 radical (unpaired) electrons. The lowest BCUT2D eigenvalue weighted by Gasteiger charge is -2.34. The van der Waals surface area contributed by atoms with Gasteiger partial charge in [-0.1, -0.05) is 35.5 Å². The molecule has 4 rings (SSSR count). The zero-order valence-electron chi connectivity index (χ0n) is 15.2. The highest BCUT2D eigenvalue weighted by molar-refractivity contribution is 7.98. The van der Waals surface area contributed by atoms with Crippen molar-refractivity contribution in [3.63, 3.8) is 0 Å². The normalized spacial score (nSPS) is 15.1. The Balaban J connectivity index is 1.27. The molecule has 1 aromatic carbocycles. The van der Waals surface area contributed by atoms with Crippen molar-refractivity contribution < 1.29 is 4.79 Å². The molecule has 146 valence electrons. The molecule has 0 bridgehead atoms. The first-order valence-corrected chi connectivity index (χ1v) is 11.2. The first kappa shape index (κ1) is 19.4. The van der Waals surface area contributed by atoms with Crippen LogP contribution in [-0.4, -0.2) is 57.1 Å². The smallest absolute Gasteiger partial charge is 0.253 e. The summed E-state index contributed by atoms with van der Waals surface area (Å²) in [5, 5.41) is 7.46. The minimum absolute atomic E-state index is 0.105. The number of amides is 1. The van der Waals surface area contributed by atoms with Gasteiger partial charge in [-0.25, -0.2) is 4.98 Å². The van der Waals surface area contributed by atoms with Crippen molar-refractivity contribution in [3.8, 4) is 0 Å². The Kier molecular flexibility index (Phi) is 6.31. The number of nitrogens with one attached hydrogen (secondary N) is 1. The van der Waals surface area contributed by atoms with Crippen LogP contribution < -0.4 is 0 Å². The second-order valence-corrected chi connectivity index (χ2v) is 9.31. The summed E-state index contributed by atoms with van der Waals surface area (Å²) >= 11 is 9.22. The molecule has 0 aliphatic carbocycles. The first-order valence-electron chi connectivity index (χ1n) is 9.00. The van der Waals surface area contributed by atoms with Crippen LogP contribution in [0.5, 0.6) is 0 Å². The van der Waals surface area contributed by atoms with Crippen LogP contribution in [0, 0.1) is 0 Å². The Labute approximate surface area is 176 Å². The van der Waals surface area contributed by atoms with Crippen molar-refractivity contribution in [1.29, 1.82) is 0 Å². The lowest BCUT2D eigenvalue weighted by molar-refractivity contribution is 0.0629. The van der Waals surface area contributed by atoms with Gasteiger partial charge in [0.25, 0.3) is 5.91 Å². The molecule has 3 heterocycles. The van der Waals surface area contributed by atoms with Gasteiger partial charge in [-0.3, -0.25) is 14.8 Å². The number of aromatic nitrogens is 3. The zero-order chi connectivity index (χ0) is 19.3. The van der Waals surface area contributed by atoms with E-state index in [0.717, 1.165) is 59.1 Å². The van der Waals surface area contributed by atoms with Gasteiger partial charge in [0, 0.05) is 48.9 Å². The maximum atomic E-state index is 12.8. The monoisotopic (exact) mass is 433 g/mol. The fraction of sp³-hybridized carbons (Fsp3) is 0.316. The molecule has 3 aromatic rings. The van der Waals surface area contributed by atoms with Gasteiger partial charge in [-0.05, 0) is 29.8 Å². The number of thioether (sulfide) groups is 1. The van der Waals surface area contributed by atoms with E-state index in [0.29, 0.717) is 0 Å². The van der Waals surface area contributed by atoms with Crippen LogP contribution in [0.1, 0.15) is 20.8 Å². The molecule has 1 aliphatic rings. The molecule has 1 saturated heterocycles. The van der Waals surface area contributed by atoms with Crippen molar-refractivity contribution >= 4 is 40.6 Å². The quantitative estimate of drug-likeness (QED) is 0.599. The van der Waals surface area contributed by atoms with Gasteiger partial charge in [0.2, 0.25) is 0 Å². The number of aromatic amines is 1. The number of nitrogens with zero attached hydrogens (tertiary/aromatic N) is 4. The van der Waals surface area contributed by atoms with Crippen LogP contribution in [-0.2, 0) is 12.3 Å². The van der Waals surface area contributed by atoms with Gasteiger partial charge in [0.1, 0.15) is 6.33 Å². The molecule has 1 N–H and O–H groups in total. The van der Waals surface area contributed by atoms with Gasteiger partial charge < -0.3 is 4.90 Å². The van der Waals surface area contributed by atoms with Gasteiger partial charge in [0.05, 0.1) is 4.34 Å². The summed E-state index contributed by atoms with van der Waals surface area (Å²) in [5.74, 6) is 0.892. The lowest BCUT2D eigenvalue weighted by Crippen LogP contribution is -2.48. The van der Waals surface area contributed by atoms with Crippen molar-refractivity contribution in [2.45, 2.75) is 17.5 Å². The van der Waals surface area contributed by atoms with E-state index >= 15 is 0 Å². The number of piperazine rings is 1. The fourth-order valence-electron chi connectivity index (χ4n) is 3.11. The van der Waals surface area contributed by atoms with Crippen molar-refractivity contribution in [1.82, 2.24) is 25.0 Å². The predicted octanol–water partition coefficient (Wildman–Crippen LogP) is 3.77. The number of hydrogen-bond acceptors (Lipinski definition) is 6. The second-order valence-electron chi connectivity index (χ2n) is 6.55. The number of rotatable bonds is 6. The zero-order valence-corrected chi connectivity index (χ0v) is 17.6. The van der Waals surface area contributed by atoms with E-state index in [1.807, 2.05) is 35.2 Å². The number of H-pyrrole nitrogens is 1. The highest BCUT2D eigenvalue weighted by Gasteiger charge is 2.22. The number of benzene rings is 1. The summed E-state index contributed by atoms with van der Waals surface area (Å²) in [6, 6.07) is 11.9. The first-order chi connectivity index (χ1) is 13.7. The van der Waals surface area contributed by atoms with Crippen molar-refractivity contribution in [2.75, 3.05) is 26.2 Å². The van der Waals surface area contributed by atoms with Crippen LogP contribution in [0.4, 0.5) is 0 Å². The third-order valence-corrected chi connectivity index (χ3v) is 6.80. The molecule has 0 atom stereocenters. The summed E-state index contributed by atoms with van der Waals surface area (Å²) < 4.78 is 0.825. The maximum Gasteiger partial charge on any atom is 0.253 e. The maximum absolute atomic E-state index is 12.8. The van der Waals surface area contributed by atoms with E-state index < -0.39 is 0 Å². The highest BCUT2D eigenvalue weighted by Crippen LogP contribution is 2.23. The van der Waals surface area contributed by atoms with Crippen LogP contribution in [0.2, 0.25) is 4.34 Å². The van der Waals surface area contributed by atoms with Crippen LogP contribution in [0.3, 0.4) is 0 Å². The Morgan fingerprint density at radius 3 is 2.57 bits per heavy atom. The van der Waals surface area contributed by atoms with E-state index in [2.05, 4.69) is 26.1 Å². The number of halogens is 1. The van der Waals surface area contributed by atoms with Gasteiger partial charge in [-0.15, -0.1) is 11.3 Å². The highest BCUT2D eigenvalue weighted by atomic mass is 35.5. The molecule has 1 aliphatic heterocycles. The standard InChI is InChI=1S/C19H20ClN5OS2/c20-17-6-5-16(28-17)11-24-7-9-25(10-8-24)18(26)15-3-1-14(2-4-15)12-27-19-21-13-22-23-19/h1-6,13H,7-12H2,(H,21,22,23). The molecule has 0 unspecified atom stereocenters. The number of carbonyl (C=O) groups is 1. The Morgan fingerprint density at radius 1 is 1.14 bits per heavy atom. The van der Waals surface area contributed by atoms with Crippen LogP contribution in [0.25, 0.3) is 0 Å². The molecule has 0 spiro atoms. The van der Waals surface area contributed by atoms with E-state index in [9.17, 15) is 4.79 Å². The van der Waals surface area contributed by atoms with E-state index in [-0.39, 0.29) is 5.91 Å². The minimum atomic E-state index is 0.105. The lowest BCUT2D eigenvalue weighted by atomic mass is 10.1. The van der Waals surface area contributed by atoms with Crippen LogP contribution >= 0.6 is 34.7 Å². The number of hydrogen-bond donors (Lipinski definition) is 1. The summed E-state index contributed by atoms with van der Waals surface area (Å²) in [5.41, 5.74) is 1.89. The number of thiophene rings is 1. The Bertz CT molecular complexity index is 905. The molecular formula is C19H20ClN5OS2. The molecule has 6 nitrogen and oxygen atoms in total. The summed E-state index contributed by atoms with van der Waals surface area (Å²) in [6.07, 6.45) is 1.50. The molecule has 0 saturated carbocycles. The third kappa shape index (κ3) is 4.94.